The number of pyridine rings is 1. The number of rotatable bonds is 10. The zero-order chi connectivity index (χ0) is 33.0. The van der Waals surface area contributed by atoms with E-state index in [1.807, 2.05) is 61.5 Å². The summed E-state index contributed by atoms with van der Waals surface area (Å²) in [4.78, 5) is 20.2. The van der Waals surface area contributed by atoms with Gasteiger partial charge >= 0.3 is 276 Å². The van der Waals surface area contributed by atoms with E-state index in [0.29, 0.717) is 39.3 Å². The number of fused-ring (bicyclic) bond motifs is 1. The van der Waals surface area contributed by atoms with Crippen molar-refractivity contribution in [1.29, 1.82) is 0 Å². The number of hydrogen-bond donors (Lipinski definition) is 0. The Hall–Kier alpha value is -5.19. The van der Waals surface area contributed by atoms with Crippen LogP contribution >= 0.6 is 6.60 Å². The first-order valence-corrected chi connectivity index (χ1v) is 18.2. The third-order valence-corrected chi connectivity index (χ3v) is 15.2. The maximum atomic E-state index is 14.7. The van der Waals surface area contributed by atoms with Crippen molar-refractivity contribution in [2.24, 2.45) is 0 Å². The van der Waals surface area contributed by atoms with E-state index in [4.69, 9.17) is 23.9 Å². The number of ether oxygens (including phenoxy) is 4. The molecule has 0 spiro atoms. The summed E-state index contributed by atoms with van der Waals surface area (Å²) in [6.45, 7) is 0.479. The van der Waals surface area contributed by atoms with Gasteiger partial charge in [-0.05, 0) is 0 Å². The van der Waals surface area contributed by atoms with E-state index in [1.54, 1.807) is 21.3 Å². The number of nitrogens with zero attached hydrogens (tertiary/aromatic N) is 1. The molecule has 0 fully saturated rings. The Morgan fingerprint density at radius 1 is 0.660 bits per heavy atom. The van der Waals surface area contributed by atoms with Gasteiger partial charge in [-0.25, -0.2) is 0 Å². The summed E-state index contributed by atoms with van der Waals surface area (Å²) < 4.78 is 23.0. The van der Waals surface area contributed by atoms with E-state index in [1.165, 1.54) is 0 Å². The minimum atomic E-state index is -3.84. The summed E-state index contributed by atoms with van der Waals surface area (Å²) in [6, 6.07) is 42.8. The zero-order valence-corrected chi connectivity index (χ0v) is 28.2. The number of methoxy groups -OCH3 is 3. The Morgan fingerprint density at radius 2 is 1.15 bits per heavy atom. The van der Waals surface area contributed by atoms with Crippen molar-refractivity contribution in [1.82, 2.24) is 4.98 Å². The summed E-state index contributed by atoms with van der Waals surface area (Å²) >= 11 is 0. The molecule has 5 aromatic carbocycles. The predicted molar refractivity (Wildman–Crippen MR) is 193 cm³/mol. The van der Waals surface area contributed by atoms with Crippen molar-refractivity contribution in [2.45, 2.75) is 6.92 Å². The van der Waals surface area contributed by atoms with E-state index in [0.717, 1.165) is 26.9 Å². The van der Waals surface area contributed by atoms with Gasteiger partial charge in [-0.1, -0.05) is 0 Å². The van der Waals surface area contributed by atoms with Crippen LogP contribution in [0.15, 0.2) is 127 Å². The topological polar surface area (TPSA) is 66.9 Å². The first-order valence-electron chi connectivity index (χ1n) is 15.5. The van der Waals surface area contributed by atoms with E-state index in [9.17, 15) is 4.79 Å². The molecule has 7 heteroatoms. The van der Waals surface area contributed by atoms with Gasteiger partial charge in [-0.3, -0.25) is 0 Å². The van der Waals surface area contributed by atoms with Crippen LogP contribution in [0.5, 0.6) is 17.2 Å². The molecule has 6 aromatic rings. The predicted octanol–water partition coefficient (Wildman–Crippen LogP) is 6.89. The molecule has 0 saturated carbocycles. The molecule has 0 bridgehead atoms. The van der Waals surface area contributed by atoms with Crippen molar-refractivity contribution >= 4 is 44.8 Å². The fourth-order valence-electron chi connectivity index (χ4n) is 6.65. The molecule has 0 amide bonds. The number of benzene rings is 5. The van der Waals surface area contributed by atoms with Gasteiger partial charge in [-0.15, -0.1) is 0 Å². The van der Waals surface area contributed by atoms with E-state index >= 15 is 0 Å². The second-order valence-electron chi connectivity index (χ2n) is 11.4. The molecule has 0 aliphatic carbocycles. The van der Waals surface area contributed by atoms with E-state index < -0.39 is 12.6 Å². The summed E-state index contributed by atoms with van der Waals surface area (Å²) in [5.74, 6) is 1.33. The SMILES string of the molecule is CCOC(=O)c1c(P(C)(c2ccccc2)(c2ccccc2)c2ccccc2)nc2cc(OC)c(OC)cc2c1-c1ccc(OC)cc1. The first-order chi connectivity index (χ1) is 22.9. The number of carbonyl (C=O) groups is 1. The second-order valence-corrected chi connectivity index (χ2v) is 16.5. The third-order valence-electron chi connectivity index (χ3n) is 9.06. The van der Waals surface area contributed by atoms with Crippen molar-refractivity contribution in [3.05, 3.63) is 133 Å². The van der Waals surface area contributed by atoms with Crippen LogP contribution in [0.2, 0.25) is 0 Å². The fraction of sp³-hybridized carbons (Fsp3) is 0.150. The fourth-order valence-corrected chi connectivity index (χ4v) is 12.2. The molecule has 0 saturated heterocycles. The summed E-state index contributed by atoms with van der Waals surface area (Å²) in [5, 5.41) is 3.93. The number of aromatic nitrogens is 1. The van der Waals surface area contributed by atoms with Crippen LogP contribution in [-0.2, 0) is 4.74 Å². The van der Waals surface area contributed by atoms with Crippen LogP contribution < -0.4 is 35.6 Å². The van der Waals surface area contributed by atoms with Crippen molar-refractivity contribution in [2.75, 3.05) is 34.6 Å². The van der Waals surface area contributed by atoms with Crippen molar-refractivity contribution in [3.63, 3.8) is 0 Å². The average Bonchev–Trinajstić information content (AvgIpc) is 3.14. The Kier molecular flexibility index (Phi) is 8.72. The number of hydrogen-bond acceptors (Lipinski definition) is 6. The van der Waals surface area contributed by atoms with Crippen LogP contribution in [0.4, 0.5) is 0 Å². The summed E-state index contributed by atoms with van der Waals surface area (Å²) in [7, 11) is 4.85. The first kappa shape index (κ1) is 31.8. The molecule has 1 aromatic heterocycles. The van der Waals surface area contributed by atoms with Gasteiger partial charge in [0, 0.05) is 0 Å². The van der Waals surface area contributed by atoms with Crippen molar-refractivity contribution in [3.8, 4) is 28.4 Å². The number of carbonyl (C=O) groups excluding carboxylic acids is 1. The van der Waals surface area contributed by atoms with Gasteiger partial charge in [-0.2, -0.15) is 0 Å². The Labute approximate surface area is 275 Å². The third kappa shape index (κ3) is 5.10. The molecular weight excluding hydrogens is 605 g/mol. The molecule has 1 heterocycles. The Bertz CT molecular complexity index is 1930. The van der Waals surface area contributed by atoms with Crippen LogP contribution in [0, 0.1) is 0 Å². The van der Waals surface area contributed by atoms with Gasteiger partial charge in [0.2, 0.25) is 0 Å². The standard InChI is InChI=1S/C40H38NO5P/c1-6-46-40(42)38-37(28-22-24-29(43-2)25-23-28)33-26-35(44-3)36(45-4)27-34(33)41-39(38)47(5,30-16-10-7-11-17-30,31-18-12-8-13-19-31)32-20-14-9-15-21-32/h7-27H,6H2,1-5H3. The molecule has 0 aliphatic heterocycles. The van der Waals surface area contributed by atoms with Gasteiger partial charge < -0.3 is 0 Å². The molecule has 0 aliphatic rings. The number of esters is 1. The average molecular weight is 644 g/mol. The van der Waals surface area contributed by atoms with Gasteiger partial charge in [0.05, 0.1) is 0 Å². The molecular formula is C40H38NO5P. The molecule has 0 radical (unpaired) electrons. The minimum absolute atomic E-state index is 0.200. The molecule has 0 N–H and O–H groups in total. The van der Waals surface area contributed by atoms with Crippen LogP contribution in [-0.4, -0.2) is 45.6 Å². The Morgan fingerprint density at radius 3 is 1.60 bits per heavy atom. The van der Waals surface area contributed by atoms with Gasteiger partial charge in [0.25, 0.3) is 0 Å². The van der Waals surface area contributed by atoms with E-state index in [2.05, 4.69) is 79.5 Å². The molecule has 47 heavy (non-hydrogen) atoms. The Balaban J connectivity index is 1.94. The van der Waals surface area contributed by atoms with Gasteiger partial charge in [0.15, 0.2) is 0 Å². The molecule has 0 unspecified atom stereocenters. The van der Waals surface area contributed by atoms with Crippen molar-refractivity contribution < 1.29 is 23.7 Å². The normalized spacial score (nSPS) is 12.1. The van der Waals surface area contributed by atoms with E-state index in [-0.39, 0.29) is 6.61 Å². The van der Waals surface area contributed by atoms with Crippen LogP contribution in [0.3, 0.4) is 0 Å². The quantitative estimate of drug-likeness (QED) is 0.120. The molecule has 6 nitrogen and oxygen atoms in total. The maximum absolute atomic E-state index is 14.7. The second kappa shape index (κ2) is 12.9. The molecule has 238 valence electrons. The molecule has 6 rings (SSSR count). The zero-order valence-electron chi connectivity index (χ0n) is 27.3. The molecule has 0 atom stereocenters. The monoisotopic (exact) mass is 643 g/mol. The van der Waals surface area contributed by atoms with Crippen LogP contribution in [0.1, 0.15) is 17.3 Å². The van der Waals surface area contributed by atoms with Gasteiger partial charge in [0.1, 0.15) is 0 Å². The van der Waals surface area contributed by atoms with Crippen LogP contribution in [0.25, 0.3) is 22.0 Å². The summed E-state index contributed by atoms with van der Waals surface area (Å²) in [6.07, 6.45) is 0. The summed E-state index contributed by atoms with van der Waals surface area (Å²) in [5.41, 5.74) is 3.24.